The molecule has 1 aromatic carbocycles. The van der Waals surface area contributed by atoms with Crippen LogP contribution in [0.2, 0.25) is 0 Å². The van der Waals surface area contributed by atoms with Crippen molar-refractivity contribution in [3.8, 4) is 5.88 Å². The van der Waals surface area contributed by atoms with Gasteiger partial charge < -0.3 is 14.7 Å². The minimum absolute atomic E-state index is 0.201. The van der Waals surface area contributed by atoms with Crippen LogP contribution >= 0.6 is 0 Å². The van der Waals surface area contributed by atoms with Crippen LogP contribution in [0.1, 0.15) is 5.56 Å². The number of aromatic nitrogens is 1. The number of nitrogens with zero attached hydrogens (tertiary/aromatic N) is 2. The molecule has 1 atom stereocenters. The third kappa shape index (κ3) is 2.71. The highest BCUT2D eigenvalue weighted by molar-refractivity contribution is 5.68. The number of pyridine rings is 1. The smallest absolute Gasteiger partial charge is 0.416 e. The van der Waals surface area contributed by atoms with E-state index >= 15 is 0 Å². The fourth-order valence-corrected chi connectivity index (χ4v) is 2.35. The van der Waals surface area contributed by atoms with Crippen molar-refractivity contribution in [1.82, 2.24) is 4.98 Å². The predicted octanol–water partition coefficient (Wildman–Crippen LogP) is 2.99. The van der Waals surface area contributed by atoms with Gasteiger partial charge in [-0.1, -0.05) is 0 Å². The summed E-state index contributed by atoms with van der Waals surface area (Å²) in [5.41, 5.74) is 0.547. The molecule has 0 fully saturated rings. The van der Waals surface area contributed by atoms with Gasteiger partial charge in [0, 0.05) is 11.9 Å². The van der Waals surface area contributed by atoms with Gasteiger partial charge in [0.2, 0.25) is 5.88 Å². The highest BCUT2D eigenvalue weighted by Gasteiger charge is 2.31. The van der Waals surface area contributed by atoms with E-state index in [0.29, 0.717) is 23.8 Å². The van der Waals surface area contributed by atoms with Gasteiger partial charge >= 0.3 is 6.18 Å². The van der Waals surface area contributed by atoms with Gasteiger partial charge in [0.25, 0.3) is 0 Å². The molecule has 0 aliphatic carbocycles. The maximum atomic E-state index is 12.6. The van der Waals surface area contributed by atoms with E-state index in [4.69, 9.17) is 4.74 Å². The molecule has 0 amide bonds. The van der Waals surface area contributed by atoms with E-state index in [9.17, 15) is 18.3 Å². The largest absolute Gasteiger partial charge is 0.469 e. The number of rotatable bonds is 2. The van der Waals surface area contributed by atoms with Gasteiger partial charge in [-0.05, 0) is 36.4 Å². The van der Waals surface area contributed by atoms with Crippen molar-refractivity contribution in [3.05, 3.63) is 48.2 Å². The summed E-state index contributed by atoms with van der Waals surface area (Å²) in [5.74, 6) is 0.354. The van der Waals surface area contributed by atoms with Crippen molar-refractivity contribution in [2.45, 2.75) is 12.3 Å². The van der Waals surface area contributed by atoms with Crippen molar-refractivity contribution in [2.75, 3.05) is 18.1 Å². The van der Waals surface area contributed by atoms with E-state index in [1.807, 2.05) is 0 Å². The standard InChI is InChI=1S/C15H13F3N2O2/c16-15(17,18)10-3-5-11(6-4-10)20-8-12(9-21)22-14-13(20)2-1-7-19-14/h1-7,12,21H,8-9H2. The van der Waals surface area contributed by atoms with E-state index in [2.05, 4.69) is 4.98 Å². The van der Waals surface area contributed by atoms with Crippen LogP contribution in [0.15, 0.2) is 42.6 Å². The molecule has 22 heavy (non-hydrogen) atoms. The van der Waals surface area contributed by atoms with Gasteiger partial charge in [-0.3, -0.25) is 0 Å². The van der Waals surface area contributed by atoms with Crippen LogP contribution in [0.3, 0.4) is 0 Å². The monoisotopic (exact) mass is 310 g/mol. The number of ether oxygens (including phenoxy) is 1. The third-order valence-electron chi connectivity index (χ3n) is 3.42. The third-order valence-corrected chi connectivity index (χ3v) is 3.42. The summed E-state index contributed by atoms with van der Waals surface area (Å²) in [4.78, 5) is 5.88. The fraction of sp³-hybridized carbons (Fsp3) is 0.267. The van der Waals surface area contributed by atoms with Gasteiger partial charge in [-0.2, -0.15) is 13.2 Å². The summed E-state index contributed by atoms with van der Waals surface area (Å²) in [5, 5.41) is 9.30. The number of benzene rings is 1. The lowest BCUT2D eigenvalue weighted by Gasteiger charge is -2.34. The van der Waals surface area contributed by atoms with Gasteiger partial charge in [-0.15, -0.1) is 0 Å². The number of hydrogen-bond acceptors (Lipinski definition) is 4. The topological polar surface area (TPSA) is 45.6 Å². The van der Waals surface area contributed by atoms with Crippen molar-refractivity contribution >= 4 is 11.4 Å². The van der Waals surface area contributed by atoms with Crippen LogP contribution in [-0.4, -0.2) is 29.3 Å². The van der Waals surface area contributed by atoms with E-state index in [0.717, 1.165) is 12.1 Å². The Balaban J connectivity index is 1.97. The van der Waals surface area contributed by atoms with Crippen molar-refractivity contribution in [3.63, 3.8) is 0 Å². The van der Waals surface area contributed by atoms with Crippen molar-refractivity contribution in [2.24, 2.45) is 0 Å². The average Bonchev–Trinajstić information content (AvgIpc) is 2.53. The Morgan fingerprint density at radius 1 is 1.23 bits per heavy atom. The first-order valence-electron chi connectivity index (χ1n) is 6.66. The summed E-state index contributed by atoms with van der Waals surface area (Å²) >= 11 is 0. The number of halogens is 3. The second kappa shape index (κ2) is 5.49. The van der Waals surface area contributed by atoms with E-state index in [-0.39, 0.29) is 6.61 Å². The fourth-order valence-electron chi connectivity index (χ4n) is 2.35. The first-order valence-corrected chi connectivity index (χ1v) is 6.66. The molecule has 1 unspecified atom stereocenters. The molecular formula is C15H13F3N2O2. The molecule has 1 aliphatic rings. The van der Waals surface area contributed by atoms with Gasteiger partial charge in [0.05, 0.1) is 18.7 Å². The minimum Gasteiger partial charge on any atom is -0.469 e. The molecule has 7 heteroatoms. The quantitative estimate of drug-likeness (QED) is 0.926. The summed E-state index contributed by atoms with van der Waals surface area (Å²) in [7, 11) is 0. The van der Waals surface area contributed by atoms with E-state index in [1.165, 1.54) is 12.1 Å². The Bertz CT molecular complexity index is 659. The van der Waals surface area contributed by atoms with E-state index in [1.54, 1.807) is 23.2 Å². The molecule has 0 saturated heterocycles. The molecule has 1 aliphatic heterocycles. The molecule has 4 nitrogen and oxygen atoms in total. The number of alkyl halides is 3. The van der Waals surface area contributed by atoms with Crippen molar-refractivity contribution in [1.29, 1.82) is 0 Å². The highest BCUT2D eigenvalue weighted by atomic mass is 19.4. The molecular weight excluding hydrogens is 297 g/mol. The number of fused-ring (bicyclic) bond motifs is 1. The Kier molecular flexibility index (Phi) is 3.66. The zero-order valence-corrected chi connectivity index (χ0v) is 11.4. The summed E-state index contributed by atoms with van der Waals surface area (Å²) in [6.07, 6.45) is -3.29. The second-order valence-corrected chi connectivity index (χ2v) is 4.91. The maximum Gasteiger partial charge on any atom is 0.416 e. The average molecular weight is 310 g/mol. The van der Waals surface area contributed by atoms with Crippen LogP contribution in [0.4, 0.5) is 24.5 Å². The van der Waals surface area contributed by atoms with Gasteiger partial charge in [-0.25, -0.2) is 4.98 Å². The summed E-state index contributed by atoms with van der Waals surface area (Å²) < 4.78 is 43.5. The van der Waals surface area contributed by atoms with Crippen LogP contribution in [0.25, 0.3) is 0 Å². The second-order valence-electron chi connectivity index (χ2n) is 4.91. The number of anilines is 2. The SMILES string of the molecule is OCC1CN(c2ccc(C(F)(F)F)cc2)c2cccnc2O1. The predicted molar refractivity (Wildman–Crippen MR) is 74.2 cm³/mol. The van der Waals surface area contributed by atoms with Crippen LogP contribution < -0.4 is 9.64 Å². The Morgan fingerprint density at radius 2 is 1.95 bits per heavy atom. The van der Waals surface area contributed by atoms with Gasteiger partial charge in [0.1, 0.15) is 11.8 Å². The van der Waals surface area contributed by atoms with E-state index < -0.39 is 17.8 Å². The summed E-state index contributed by atoms with van der Waals surface area (Å²) in [6, 6.07) is 8.37. The van der Waals surface area contributed by atoms with Crippen LogP contribution in [0.5, 0.6) is 5.88 Å². The molecule has 0 radical (unpaired) electrons. The molecule has 0 saturated carbocycles. The Hall–Kier alpha value is -2.28. The molecule has 1 N–H and O–H groups in total. The molecule has 2 heterocycles. The molecule has 116 valence electrons. The first kappa shape index (κ1) is 14.6. The Morgan fingerprint density at radius 3 is 2.59 bits per heavy atom. The first-order chi connectivity index (χ1) is 10.5. The lowest BCUT2D eigenvalue weighted by Crippen LogP contribution is -2.39. The number of aliphatic hydroxyl groups excluding tert-OH is 1. The molecule has 0 spiro atoms. The van der Waals surface area contributed by atoms with Crippen LogP contribution in [-0.2, 0) is 6.18 Å². The summed E-state index contributed by atoms with van der Waals surface area (Å²) in [6.45, 7) is 0.133. The number of hydrogen-bond donors (Lipinski definition) is 1. The molecule has 2 aromatic rings. The lowest BCUT2D eigenvalue weighted by molar-refractivity contribution is -0.137. The molecule has 0 bridgehead atoms. The zero-order valence-electron chi connectivity index (χ0n) is 11.4. The lowest BCUT2D eigenvalue weighted by atomic mass is 10.1. The number of aliphatic hydroxyl groups is 1. The normalized spacial score (nSPS) is 17.8. The maximum absolute atomic E-state index is 12.6. The minimum atomic E-state index is -4.36. The molecule has 3 rings (SSSR count). The Labute approximate surface area is 124 Å². The van der Waals surface area contributed by atoms with Crippen LogP contribution in [0, 0.1) is 0 Å². The van der Waals surface area contributed by atoms with Crippen molar-refractivity contribution < 1.29 is 23.0 Å². The molecule has 1 aromatic heterocycles. The zero-order chi connectivity index (χ0) is 15.7. The highest BCUT2D eigenvalue weighted by Crippen LogP contribution is 2.37. The van der Waals surface area contributed by atoms with Gasteiger partial charge in [0.15, 0.2) is 0 Å².